The predicted molar refractivity (Wildman–Crippen MR) is 109 cm³/mol. The predicted octanol–water partition coefficient (Wildman–Crippen LogP) is 3.63. The number of aryl methyl sites for hydroxylation is 2. The number of nitrogens with zero attached hydrogens (tertiary/aromatic N) is 5. The van der Waals surface area contributed by atoms with Crippen LogP contribution in [-0.2, 0) is 13.6 Å². The van der Waals surface area contributed by atoms with Gasteiger partial charge < -0.3 is 4.90 Å². The van der Waals surface area contributed by atoms with E-state index in [2.05, 4.69) is 10.00 Å². The molecule has 0 N–H and O–H groups in total. The Kier molecular flexibility index (Phi) is 4.72. The zero-order chi connectivity index (χ0) is 19.8. The average molecular weight is 397 g/mol. The van der Waals surface area contributed by atoms with Gasteiger partial charge in [-0.3, -0.25) is 9.48 Å². The molecule has 4 rings (SSSR count). The number of rotatable bonds is 5. The highest BCUT2D eigenvalue weighted by atomic mass is 32.1. The third-order valence-corrected chi connectivity index (χ3v) is 5.58. The van der Waals surface area contributed by atoms with Crippen LogP contribution in [0.25, 0.3) is 16.3 Å². The van der Waals surface area contributed by atoms with E-state index in [1.54, 1.807) is 27.3 Å². The Morgan fingerprint density at radius 1 is 1.21 bits per heavy atom. The standard InChI is InChI=1S/C20H20FN5OS/c1-4-25(16-7-5-14(21)6-8-16)12-15-11-18(27)26-19(13(2)28-20(26)22-15)17-9-10-24(3)23-17/h5-11H,4,12H2,1-3H3. The summed E-state index contributed by atoms with van der Waals surface area (Å²) in [6.45, 7) is 5.18. The molecule has 0 amide bonds. The molecular weight excluding hydrogens is 377 g/mol. The highest BCUT2D eigenvalue weighted by molar-refractivity contribution is 7.17. The Morgan fingerprint density at radius 2 is 1.96 bits per heavy atom. The summed E-state index contributed by atoms with van der Waals surface area (Å²) < 4.78 is 16.6. The van der Waals surface area contributed by atoms with Gasteiger partial charge in [-0.1, -0.05) is 0 Å². The largest absolute Gasteiger partial charge is 0.366 e. The van der Waals surface area contributed by atoms with Gasteiger partial charge in [0.2, 0.25) is 0 Å². The second-order valence-corrected chi connectivity index (χ2v) is 7.76. The van der Waals surface area contributed by atoms with Crippen LogP contribution in [0.5, 0.6) is 0 Å². The van der Waals surface area contributed by atoms with Gasteiger partial charge in [0, 0.05) is 36.4 Å². The first kappa shape index (κ1) is 18.4. The van der Waals surface area contributed by atoms with E-state index in [1.807, 2.05) is 33.2 Å². The van der Waals surface area contributed by atoms with Crippen molar-refractivity contribution >= 4 is 22.0 Å². The van der Waals surface area contributed by atoms with Crippen LogP contribution in [0.2, 0.25) is 0 Å². The molecule has 0 spiro atoms. The molecule has 4 aromatic rings. The quantitative estimate of drug-likeness (QED) is 0.516. The zero-order valence-corrected chi connectivity index (χ0v) is 16.7. The summed E-state index contributed by atoms with van der Waals surface area (Å²) in [6, 6.07) is 9.80. The van der Waals surface area contributed by atoms with Gasteiger partial charge in [-0.05, 0) is 44.2 Å². The molecule has 0 saturated carbocycles. The molecule has 0 aliphatic heterocycles. The third kappa shape index (κ3) is 3.31. The lowest BCUT2D eigenvalue weighted by atomic mass is 10.2. The summed E-state index contributed by atoms with van der Waals surface area (Å²) in [5.41, 5.74) is 2.99. The van der Waals surface area contributed by atoms with Crippen LogP contribution in [0.3, 0.4) is 0 Å². The van der Waals surface area contributed by atoms with Crippen LogP contribution in [0.15, 0.2) is 47.4 Å². The van der Waals surface area contributed by atoms with E-state index in [4.69, 9.17) is 4.98 Å². The fourth-order valence-electron chi connectivity index (χ4n) is 3.27. The zero-order valence-electron chi connectivity index (χ0n) is 15.9. The lowest BCUT2D eigenvalue weighted by Crippen LogP contribution is -2.24. The van der Waals surface area contributed by atoms with E-state index in [-0.39, 0.29) is 11.4 Å². The van der Waals surface area contributed by atoms with Gasteiger partial charge in [0.1, 0.15) is 11.5 Å². The van der Waals surface area contributed by atoms with Gasteiger partial charge in [-0.2, -0.15) is 5.10 Å². The van der Waals surface area contributed by atoms with Gasteiger partial charge in [0.15, 0.2) is 4.96 Å². The summed E-state index contributed by atoms with van der Waals surface area (Å²) in [5.74, 6) is -0.270. The number of halogens is 1. The maximum Gasteiger partial charge on any atom is 0.259 e. The molecule has 0 atom stereocenters. The summed E-state index contributed by atoms with van der Waals surface area (Å²) in [5, 5.41) is 4.43. The molecule has 0 fully saturated rings. The molecule has 0 unspecified atom stereocenters. The third-order valence-electron chi connectivity index (χ3n) is 4.63. The second kappa shape index (κ2) is 7.20. The Morgan fingerprint density at radius 3 is 2.61 bits per heavy atom. The Labute approximate surface area is 165 Å². The molecular formula is C20H20FN5OS. The molecule has 144 valence electrons. The smallest absolute Gasteiger partial charge is 0.259 e. The van der Waals surface area contributed by atoms with E-state index in [0.717, 1.165) is 28.5 Å². The van der Waals surface area contributed by atoms with Crippen molar-refractivity contribution in [3.63, 3.8) is 0 Å². The molecule has 0 aliphatic rings. The van der Waals surface area contributed by atoms with Crippen molar-refractivity contribution in [1.29, 1.82) is 0 Å². The number of thiazole rings is 1. The van der Waals surface area contributed by atoms with Gasteiger partial charge >= 0.3 is 0 Å². The topological polar surface area (TPSA) is 55.4 Å². The lowest BCUT2D eigenvalue weighted by molar-refractivity contribution is 0.627. The van der Waals surface area contributed by atoms with Gasteiger partial charge in [-0.15, -0.1) is 11.3 Å². The van der Waals surface area contributed by atoms with Gasteiger partial charge in [0.05, 0.1) is 17.9 Å². The minimum absolute atomic E-state index is 0.125. The van der Waals surface area contributed by atoms with Crippen molar-refractivity contribution in [3.05, 3.63) is 69.3 Å². The number of hydrogen-bond donors (Lipinski definition) is 0. The van der Waals surface area contributed by atoms with Crippen LogP contribution in [0.4, 0.5) is 10.1 Å². The van der Waals surface area contributed by atoms with Crippen LogP contribution in [0.1, 0.15) is 17.5 Å². The van der Waals surface area contributed by atoms with Crippen molar-refractivity contribution in [1.82, 2.24) is 19.2 Å². The first-order valence-electron chi connectivity index (χ1n) is 8.99. The summed E-state index contributed by atoms with van der Waals surface area (Å²) in [4.78, 5) is 21.3. The summed E-state index contributed by atoms with van der Waals surface area (Å²) in [6.07, 6.45) is 1.85. The van der Waals surface area contributed by atoms with Gasteiger partial charge in [-0.25, -0.2) is 13.8 Å². The van der Waals surface area contributed by atoms with Gasteiger partial charge in [0.25, 0.3) is 5.56 Å². The van der Waals surface area contributed by atoms with Crippen LogP contribution in [-0.4, -0.2) is 25.7 Å². The summed E-state index contributed by atoms with van der Waals surface area (Å²) in [7, 11) is 1.85. The Hall–Kier alpha value is -3.00. The molecule has 1 aromatic carbocycles. The molecule has 3 aromatic heterocycles. The maximum absolute atomic E-state index is 13.2. The highest BCUT2D eigenvalue weighted by Gasteiger charge is 2.17. The van der Waals surface area contributed by atoms with E-state index >= 15 is 0 Å². The molecule has 3 heterocycles. The van der Waals surface area contributed by atoms with Crippen molar-refractivity contribution < 1.29 is 4.39 Å². The van der Waals surface area contributed by atoms with Crippen molar-refractivity contribution in [2.24, 2.45) is 7.05 Å². The minimum Gasteiger partial charge on any atom is -0.366 e. The molecule has 6 nitrogen and oxygen atoms in total. The van der Waals surface area contributed by atoms with Crippen molar-refractivity contribution in [2.45, 2.75) is 20.4 Å². The second-order valence-electron chi connectivity index (χ2n) is 6.58. The number of aromatic nitrogens is 4. The molecule has 0 aliphatic carbocycles. The average Bonchev–Trinajstić information content (AvgIpc) is 3.23. The Bertz CT molecular complexity index is 1190. The van der Waals surface area contributed by atoms with Crippen molar-refractivity contribution in [3.8, 4) is 11.4 Å². The molecule has 8 heteroatoms. The van der Waals surface area contributed by atoms with E-state index < -0.39 is 0 Å². The molecule has 0 bridgehead atoms. The SMILES string of the molecule is CCN(Cc1cc(=O)n2c(-c3ccn(C)n3)c(C)sc2n1)c1ccc(F)cc1. The maximum atomic E-state index is 13.2. The van der Waals surface area contributed by atoms with Crippen LogP contribution < -0.4 is 10.5 Å². The molecule has 0 radical (unpaired) electrons. The minimum atomic E-state index is -0.270. The molecule has 28 heavy (non-hydrogen) atoms. The van der Waals surface area contributed by atoms with Crippen LogP contribution in [0, 0.1) is 12.7 Å². The fourth-order valence-corrected chi connectivity index (χ4v) is 4.28. The number of anilines is 1. The lowest BCUT2D eigenvalue weighted by Gasteiger charge is -2.22. The van der Waals surface area contributed by atoms with Crippen molar-refractivity contribution in [2.75, 3.05) is 11.4 Å². The number of hydrogen-bond acceptors (Lipinski definition) is 5. The first-order chi connectivity index (χ1) is 13.5. The number of benzene rings is 1. The fraction of sp³-hybridized carbons (Fsp3) is 0.250. The Balaban J connectivity index is 1.74. The monoisotopic (exact) mass is 397 g/mol. The number of fused-ring (bicyclic) bond motifs is 1. The van der Waals surface area contributed by atoms with E-state index in [1.165, 1.54) is 23.5 Å². The van der Waals surface area contributed by atoms with E-state index in [9.17, 15) is 9.18 Å². The van der Waals surface area contributed by atoms with Crippen LogP contribution >= 0.6 is 11.3 Å². The first-order valence-corrected chi connectivity index (χ1v) is 9.80. The summed E-state index contributed by atoms with van der Waals surface area (Å²) >= 11 is 1.48. The highest BCUT2D eigenvalue weighted by Crippen LogP contribution is 2.28. The molecule has 0 saturated heterocycles. The van der Waals surface area contributed by atoms with E-state index in [0.29, 0.717) is 17.2 Å². The normalized spacial score (nSPS) is 11.3.